The molecule has 0 aliphatic carbocycles. The highest BCUT2D eigenvalue weighted by Crippen LogP contribution is 2.18. The third kappa shape index (κ3) is 6.01. The summed E-state index contributed by atoms with van der Waals surface area (Å²) in [6, 6.07) is 5.35. The van der Waals surface area contributed by atoms with Crippen LogP contribution < -0.4 is 9.62 Å². The molecule has 0 saturated heterocycles. The number of rotatable bonds is 8. The number of sulfonamides is 1. The fourth-order valence-electron chi connectivity index (χ4n) is 1.93. The van der Waals surface area contributed by atoms with Gasteiger partial charge in [0.25, 0.3) is 0 Å². The van der Waals surface area contributed by atoms with Gasteiger partial charge in [-0.2, -0.15) is 0 Å². The molecular weight excluding hydrogens is 307 g/mol. The highest BCUT2D eigenvalue weighted by molar-refractivity contribution is 7.92. The smallest absolute Gasteiger partial charge is 0.232 e. The number of benzene rings is 1. The maximum atomic E-state index is 12.9. The first-order valence-electron chi connectivity index (χ1n) is 7.26. The minimum Gasteiger partial charge on any atom is -0.354 e. The van der Waals surface area contributed by atoms with E-state index in [0.717, 1.165) is 12.7 Å². The Bertz CT molecular complexity index is 587. The molecule has 124 valence electrons. The van der Waals surface area contributed by atoms with Gasteiger partial charge in [-0.15, -0.1) is 0 Å². The second-order valence-electron chi connectivity index (χ2n) is 5.29. The lowest BCUT2D eigenvalue weighted by molar-refractivity contribution is -0.121. The van der Waals surface area contributed by atoms with Gasteiger partial charge >= 0.3 is 0 Å². The van der Waals surface area contributed by atoms with Gasteiger partial charge in [-0.05, 0) is 44.0 Å². The van der Waals surface area contributed by atoms with Crippen molar-refractivity contribution in [1.82, 2.24) is 5.32 Å². The third-order valence-electron chi connectivity index (χ3n) is 3.30. The Morgan fingerprint density at radius 1 is 1.32 bits per heavy atom. The lowest BCUT2D eigenvalue weighted by Gasteiger charge is -2.22. The van der Waals surface area contributed by atoms with E-state index in [1.165, 1.54) is 28.6 Å². The van der Waals surface area contributed by atoms with Crippen LogP contribution in [0.25, 0.3) is 0 Å². The summed E-state index contributed by atoms with van der Waals surface area (Å²) < 4.78 is 37.8. The van der Waals surface area contributed by atoms with Gasteiger partial charge < -0.3 is 5.32 Å². The number of amides is 1. The molecular formula is C15H23FN2O3S. The Hall–Kier alpha value is -1.63. The molecule has 1 unspecified atom stereocenters. The van der Waals surface area contributed by atoms with Crippen molar-refractivity contribution in [3.63, 3.8) is 0 Å². The number of nitrogens with zero attached hydrogens (tertiary/aromatic N) is 1. The predicted molar refractivity (Wildman–Crippen MR) is 85.7 cm³/mol. The number of anilines is 1. The first-order valence-corrected chi connectivity index (χ1v) is 9.11. The molecule has 1 rings (SSSR count). The zero-order chi connectivity index (χ0) is 16.8. The summed E-state index contributed by atoms with van der Waals surface area (Å²) in [6.45, 7) is 4.07. The summed E-state index contributed by atoms with van der Waals surface area (Å²) in [7, 11) is -3.48. The van der Waals surface area contributed by atoms with Crippen molar-refractivity contribution < 1.29 is 17.6 Å². The molecule has 0 saturated carbocycles. The van der Waals surface area contributed by atoms with Crippen molar-refractivity contribution in [2.24, 2.45) is 0 Å². The molecule has 1 N–H and O–H groups in total. The fourth-order valence-corrected chi connectivity index (χ4v) is 2.89. The topological polar surface area (TPSA) is 66.5 Å². The molecule has 0 bridgehead atoms. The van der Waals surface area contributed by atoms with Crippen molar-refractivity contribution in [2.45, 2.75) is 39.2 Å². The van der Waals surface area contributed by atoms with Gasteiger partial charge in [0.2, 0.25) is 15.9 Å². The van der Waals surface area contributed by atoms with Crippen LogP contribution >= 0.6 is 0 Å². The average Bonchev–Trinajstić information content (AvgIpc) is 2.43. The zero-order valence-corrected chi connectivity index (χ0v) is 14.0. The van der Waals surface area contributed by atoms with E-state index in [-0.39, 0.29) is 24.9 Å². The zero-order valence-electron chi connectivity index (χ0n) is 13.2. The Morgan fingerprint density at radius 3 is 2.41 bits per heavy atom. The maximum absolute atomic E-state index is 12.9. The van der Waals surface area contributed by atoms with Crippen LogP contribution in [0, 0.1) is 5.82 Å². The number of halogens is 1. The SMILES string of the molecule is CCC(C)NC(=O)CCCN(c1ccc(F)cc1)S(C)(=O)=O. The van der Waals surface area contributed by atoms with Crippen LogP contribution in [-0.2, 0) is 14.8 Å². The van der Waals surface area contributed by atoms with E-state index in [9.17, 15) is 17.6 Å². The summed E-state index contributed by atoms with van der Waals surface area (Å²) in [6.07, 6.45) is 2.58. The van der Waals surface area contributed by atoms with Crippen LogP contribution in [0.3, 0.4) is 0 Å². The van der Waals surface area contributed by atoms with Crippen molar-refractivity contribution >= 4 is 21.6 Å². The van der Waals surface area contributed by atoms with Crippen molar-refractivity contribution in [3.05, 3.63) is 30.1 Å². The molecule has 0 radical (unpaired) electrons. The molecule has 0 aliphatic rings. The largest absolute Gasteiger partial charge is 0.354 e. The molecule has 0 spiro atoms. The Morgan fingerprint density at radius 2 is 1.91 bits per heavy atom. The molecule has 0 aromatic heterocycles. The van der Waals surface area contributed by atoms with Gasteiger partial charge in [0.15, 0.2) is 0 Å². The van der Waals surface area contributed by atoms with Gasteiger partial charge in [-0.25, -0.2) is 12.8 Å². The molecule has 0 fully saturated rings. The van der Waals surface area contributed by atoms with Crippen LogP contribution in [0.4, 0.5) is 10.1 Å². The molecule has 7 heteroatoms. The molecule has 5 nitrogen and oxygen atoms in total. The molecule has 1 aromatic carbocycles. The molecule has 1 atom stereocenters. The van der Waals surface area contributed by atoms with Crippen LogP contribution in [0.1, 0.15) is 33.1 Å². The highest BCUT2D eigenvalue weighted by Gasteiger charge is 2.17. The Labute approximate surface area is 131 Å². The van der Waals surface area contributed by atoms with Crippen molar-refractivity contribution in [3.8, 4) is 0 Å². The van der Waals surface area contributed by atoms with Crippen LogP contribution in [-0.4, -0.2) is 33.2 Å². The molecule has 1 aromatic rings. The summed E-state index contributed by atoms with van der Waals surface area (Å²) in [5.74, 6) is -0.521. The summed E-state index contributed by atoms with van der Waals surface area (Å²) in [5, 5.41) is 2.83. The quantitative estimate of drug-likeness (QED) is 0.795. The minimum absolute atomic E-state index is 0.0955. The summed E-state index contributed by atoms with van der Waals surface area (Å²) in [5.41, 5.74) is 0.395. The predicted octanol–water partition coefficient (Wildman–Crippen LogP) is 2.29. The lowest BCUT2D eigenvalue weighted by atomic mass is 10.2. The summed E-state index contributed by atoms with van der Waals surface area (Å²) in [4.78, 5) is 11.7. The Balaban J connectivity index is 2.65. The maximum Gasteiger partial charge on any atom is 0.232 e. The van der Waals surface area contributed by atoms with Gasteiger partial charge in [-0.3, -0.25) is 9.10 Å². The standard InChI is InChI=1S/C15H23FN2O3S/c1-4-12(2)17-15(19)6-5-11-18(22(3,20)21)14-9-7-13(16)8-10-14/h7-10,12H,4-6,11H2,1-3H3,(H,17,19). The molecule has 0 aliphatic heterocycles. The van der Waals surface area contributed by atoms with E-state index >= 15 is 0 Å². The van der Waals surface area contributed by atoms with Gasteiger partial charge in [0.1, 0.15) is 5.82 Å². The average molecular weight is 330 g/mol. The van der Waals surface area contributed by atoms with Gasteiger partial charge in [-0.1, -0.05) is 6.92 Å². The van der Waals surface area contributed by atoms with Crippen LogP contribution in [0.15, 0.2) is 24.3 Å². The third-order valence-corrected chi connectivity index (χ3v) is 4.49. The molecule has 0 heterocycles. The van der Waals surface area contributed by atoms with E-state index in [0.29, 0.717) is 12.1 Å². The van der Waals surface area contributed by atoms with E-state index in [1.807, 2.05) is 13.8 Å². The first kappa shape index (κ1) is 18.4. The number of hydrogen-bond donors (Lipinski definition) is 1. The lowest BCUT2D eigenvalue weighted by Crippen LogP contribution is -2.34. The number of nitrogens with one attached hydrogen (secondary N) is 1. The first-order chi connectivity index (χ1) is 10.2. The van der Waals surface area contributed by atoms with E-state index < -0.39 is 15.8 Å². The monoisotopic (exact) mass is 330 g/mol. The number of carbonyl (C=O) groups excluding carboxylic acids is 1. The second-order valence-corrected chi connectivity index (χ2v) is 7.20. The van der Waals surface area contributed by atoms with E-state index in [1.54, 1.807) is 0 Å². The van der Waals surface area contributed by atoms with Gasteiger partial charge in [0.05, 0.1) is 11.9 Å². The molecule has 22 heavy (non-hydrogen) atoms. The fraction of sp³-hybridized carbons (Fsp3) is 0.533. The van der Waals surface area contributed by atoms with Crippen molar-refractivity contribution in [2.75, 3.05) is 17.1 Å². The second kappa shape index (κ2) is 8.12. The Kier molecular flexibility index (Phi) is 6.80. The normalized spacial score (nSPS) is 12.7. The highest BCUT2D eigenvalue weighted by atomic mass is 32.2. The van der Waals surface area contributed by atoms with Crippen molar-refractivity contribution in [1.29, 1.82) is 0 Å². The van der Waals surface area contributed by atoms with Crippen LogP contribution in [0.2, 0.25) is 0 Å². The number of hydrogen-bond acceptors (Lipinski definition) is 3. The van der Waals surface area contributed by atoms with E-state index in [2.05, 4.69) is 5.32 Å². The number of carbonyl (C=O) groups is 1. The summed E-state index contributed by atoms with van der Waals surface area (Å²) >= 11 is 0. The van der Waals surface area contributed by atoms with Crippen LogP contribution in [0.5, 0.6) is 0 Å². The molecule has 1 amide bonds. The minimum atomic E-state index is -3.48. The van der Waals surface area contributed by atoms with Gasteiger partial charge in [0, 0.05) is 19.0 Å². The van der Waals surface area contributed by atoms with E-state index in [4.69, 9.17) is 0 Å².